The Hall–Kier alpha value is -1.22. The summed E-state index contributed by atoms with van der Waals surface area (Å²) in [6.45, 7) is 1.84. The average Bonchev–Trinajstić information content (AvgIpc) is 2.56. The van der Waals surface area contributed by atoms with Crippen LogP contribution in [0.15, 0.2) is 0 Å². The first-order chi connectivity index (χ1) is 9.47. The van der Waals surface area contributed by atoms with Crippen molar-refractivity contribution in [3.63, 3.8) is 0 Å². The van der Waals surface area contributed by atoms with Crippen LogP contribution in [0.4, 0.5) is 4.79 Å². The van der Waals surface area contributed by atoms with E-state index >= 15 is 0 Å². The number of carbonyl (C=O) groups excluding carboxylic acids is 3. The van der Waals surface area contributed by atoms with Crippen molar-refractivity contribution in [3.05, 3.63) is 0 Å². The fraction of sp³-hybridized carbons (Fsp3) is 0.600. The molecule has 0 saturated carbocycles. The number of urea groups is 1. The lowest BCUT2D eigenvalue weighted by Gasteiger charge is -2.24. The van der Waals surface area contributed by atoms with E-state index in [1.165, 1.54) is 13.8 Å². The van der Waals surface area contributed by atoms with Gasteiger partial charge in [-0.2, -0.15) is 5.26 Å². The zero-order valence-corrected chi connectivity index (χ0v) is 14.4. The smallest absolute Gasteiger partial charge is 0.331 e. The molecular weight excluding hydrogens is 416 g/mol. The van der Waals surface area contributed by atoms with Gasteiger partial charge in [-0.05, 0) is 45.7 Å². The largest absolute Gasteiger partial charge is 0.376 e. The molecule has 0 unspecified atom stereocenters. The molecule has 0 aliphatic carbocycles. The van der Waals surface area contributed by atoms with E-state index in [4.69, 9.17) is 21.2 Å². The van der Waals surface area contributed by atoms with E-state index in [9.17, 15) is 14.4 Å². The Morgan fingerprint density at radius 2 is 1.86 bits per heavy atom. The summed E-state index contributed by atoms with van der Waals surface area (Å²) in [6, 6.07) is 0.933. The molecule has 1 aliphatic rings. The third-order valence-corrected chi connectivity index (χ3v) is 3.77. The van der Waals surface area contributed by atoms with Crippen molar-refractivity contribution in [2.75, 3.05) is 13.5 Å². The summed E-state index contributed by atoms with van der Waals surface area (Å²) in [4.78, 5) is 34.6. The Bertz CT molecular complexity index is 488. The van der Waals surface area contributed by atoms with Crippen LogP contribution in [0.3, 0.4) is 0 Å². The predicted molar refractivity (Wildman–Crippen MR) is 77.7 cm³/mol. The van der Waals surface area contributed by atoms with Gasteiger partial charge >= 0.3 is 6.03 Å². The minimum absolute atomic E-state index is 0.506. The number of imide groups is 1. The van der Waals surface area contributed by atoms with E-state index in [-0.39, 0.29) is 0 Å². The van der Waals surface area contributed by atoms with E-state index in [0.717, 1.165) is 4.90 Å². The highest BCUT2D eigenvalue weighted by Gasteiger charge is 2.50. The molecule has 0 aromatic carbocycles. The number of alkyl halides is 2. The number of rotatable bonds is 3. The topological polar surface area (TPSA) is 148 Å². The lowest BCUT2D eigenvalue weighted by atomic mass is 10.1. The Labute approximate surface area is 137 Å². The second-order valence-electron chi connectivity index (χ2n) is 4.34. The molecule has 0 radical (unpaired) electrons. The van der Waals surface area contributed by atoms with Gasteiger partial charge in [-0.3, -0.25) is 14.5 Å². The zero-order chi connectivity index (χ0) is 17.0. The lowest BCUT2D eigenvalue weighted by molar-refractivity contribution is -0.134. The molecule has 4 N–H and O–H groups in total. The van der Waals surface area contributed by atoms with Gasteiger partial charge < -0.3 is 15.9 Å². The zero-order valence-electron chi connectivity index (χ0n) is 11.2. The minimum atomic E-state index is -1.39. The van der Waals surface area contributed by atoms with Crippen molar-refractivity contribution in [3.8, 4) is 6.07 Å². The van der Waals surface area contributed by atoms with Crippen LogP contribution in [0.25, 0.3) is 0 Å². The number of halogens is 2. The quantitative estimate of drug-likeness (QED) is 0.403. The van der Waals surface area contributed by atoms with Crippen molar-refractivity contribution >= 4 is 49.7 Å². The van der Waals surface area contributed by atoms with Gasteiger partial charge in [0, 0.05) is 0 Å². The predicted octanol–water partition coefficient (Wildman–Crippen LogP) is -0.590. The van der Waals surface area contributed by atoms with Crippen LogP contribution >= 0.6 is 31.9 Å². The van der Waals surface area contributed by atoms with E-state index in [1.807, 2.05) is 0 Å². The van der Waals surface area contributed by atoms with Crippen molar-refractivity contribution in [1.29, 1.82) is 5.26 Å². The standard InChI is InChI=1S/C7H12N2O4.C3H2Br2N2O/c1-7(2)5(12)8(3-10)6(13)9(7)4-11;4-3(5,1-6)2(7)8/h10-11H,3-4H2,1-2H3;(H2,7,8). The monoisotopic (exact) mass is 428 g/mol. The maximum atomic E-state index is 11.4. The molecule has 0 aromatic rings. The van der Waals surface area contributed by atoms with E-state index in [1.54, 1.807) is 6.07 Å². The number of hydrogen-bond donors (Lipinski definition) is 3. The van der Waals surface area contributed by atoms with Crippen LogP contribution in [-0.2, 0) is 9.59 Å². The first kappa shape index (κ1) is 19.8. The highest BCUT2D eigenvalue weighted by Crippen LogP contribution is 2.26. The van der Waals surface area contributed by atoms with Gasteiger partial charge in [0.05, 0.1) is 0 Å². The number of aliphatic hydroxyl groups excluding tert-OH is 2. The average molecular weight is 430 g/mol. The minimum Gasteiger partial charge on any atom is -0.376 e. The Kier molecular flexibility index (Phi) is 6.75. The van der Waals surface area contributed by atoms with E-state index < -0.39 is 40.1 Å². The molecule has 118 valence electrons. The van der Waals surface area contributed by atoms with Gasteiger partial charge in [0.2, 0.25) is 3.23 Å². The Balaban J connectivity index is 0.000000433. The van der Waals surface area contributed by atoms with Crippen LogP contribution in [0, 0.1) is 11.3 Å². The van der Waals surface area contributed by atoms with Gasteiger partial charge in [0.25, 0.3) is 11.8 Å². The normalized spacial score (nSPS) is 17.2. The highest BCUT2D eigenvalue weighted by molar-refractivity contribution is 9.26. The summed E-state index contributed by atoms with van der Waals surface area (Å²) in [6.07, 6.45) is 0. The molecule has 0 spiro atoms. The molecule has 0 bridgehead atoms. The van der Waals surface area contributed by atoms with Crippen LogP contribution in [0.5, 0.6) is 0 Å². The summed E-state index contributed by atoms with van der Waals surface area (Å²) in [5.74, 6) is -1.26. The van der Waals surface area contributed by atoms with Crippen molar-refractivity contribution in [1.82, 2.24) is 9.80 Å². The number of hydrogen-bond acceptors (Lipinski definition) is 6. The molecule has 1 heterocycles. The number of nitrogens with zero attached hydrogens (tertiary/aromatic N) is 3. The lowest BCUT2D eigenvalue weighted by Crippen LogP contribution is -2.44. The molecule has 11 heteroatoms. The van der Waals surface area contributed by atoms with Crippen LogP contribution < -0.4 is 5.73 Å². The Morgan fingerprint density at radius 1 is 1.38 bits per heavy atom. The summed E-state index contributed by atoms with van der Waals surface area (Å²) >= 11 is 5.45. The molecule has 1 aliphatic heterocycles. The molecule has 9 nitrogen and oxygen atoms in total. The van der Waals surface area contributed by atoms with Crippen LogP contribution in [-0.4, -0.2) is 60.1 Å². The van der Waals surface area contributed by atoms with Crippen molar-refractivity contribution < 1.29 is 24.6 Å². The molecule has 1 fully saturated rings. The fourth-order valence-electron chi connectivity index (χ4n) is 1.33. The third-order valence-electron chi connectivity index (χ3n) is 2.64. The van der Waals surface area contributed by atoms with E-state index in [0.29, 0.717) is 4.90 Å². The summed E-state index contributed by atoms with van der Waals surface area (Å²) in [5.41, 5.74) is 3.65. The molecule has 0 aromatic heterocycles. The molecule has 21 heavy (non-hydrogen) atoms. The molecule has 1 saturated heterocycles. The second kappa shape index (κ2) is 7.17. The van der Waals surface area contributed by atoms with Crippen LogP contribution in [0.2, 0.25) is 0 Å². The van der Waals surface area contributed by atoms with Gasteiger partial charge in [0.15, 0.2) is 0 Å². The number of amides is 4. The SMILES string of the molecule is CC1(C)C(=O)N(CO)C(=O)N1CO.N#CC(Br)(Br)C(N)=O. The summed E-state index contributed by atoms with van der Waals surface area (Å²) < 4.78 is -1.39. The summed E-state index contributed by atoms with van der Waals surface area (Å²) in [7, 11) is 0. The van der Waals surface area contributed by atoms with Crippen molar-refractivity contribution in [2.45, 2.75) is 22.6 Å². The number of nitrogens with two attached hydrogens (primary N) is 1. The van der Waals surface area contributed by atoms with Crippen molar-refractivity contribution in [2.24, 2.45) is 5.73 Å². The molecular formula is C10H14Br2N4O5. The maximum Gasteiger partial charge on any atom is 0.331 e. The second-order valence-corrected chi connectivity index (χ2v) is 7.78. The van der Waals surface area contributed by atoms with Gasteiger partial charge in [0.1, 0.15) is 25.1 Å². The molecule has 1 rings (SSSR count). The first-order valence-electron chi connectivity index (χ1n) is 5.41. The fourth-order valence-corrected chi connectivity index (χ4v) is 1.33. The van der Waals surface area contributed by atoms with Gasteiger partial charge in [-0.1, -0.05) is 0 Å². The molecule has 4 amide bonds. The third kappa shape index (κ3) is 4.13. The summed E-state index contributed by atoms with van der Waals surface area (Å²) in [5, 5.41) is 25.7. The van der Waals surface area contributed by atoms with Crippen LogP contribution in [0.1, 0.15) is 13.8 Å². The number of nitriles is 1. The van der Waals surface area contributed by atoms with E-state index in [2.05, 4.69) is 31.9 Å². The number of primary amides is 1. The number of carbonyl (C=O) groups is 3. The van der Waals surface area contributed by atoms with Gasteiger partial charge in [-0.15, -0.1) is 0 Å². The first-order valence-corrected chi connectivity index (χ1v) is 7.00. The molecule has 0 atom stereocenters. The number of aliphatic hydroxyl groups is 2. The highest BCUT2D eigenvalue weighted by atomic mass is 79.9. The Morgan fingerprint density at radius 3 is 2.00 bits per heavy atom. The maximum absolute atomic E-state index is 11.4. The van der Waals surface area contributed by atoms with Gasteiger partial charge in [-0.25, -0.2) is 9.69 Å².